The number of rotatable bonds is 7. The predicted molar refractivity (Wildman–Crippen MR) is 101 cm³/mol. The SMILES string of the molecule is CC(=O)Oc1ccc(CC(NC(=O)Cn2c(C)cc(=O)cc2C)C(=O)O)cc1. The molecule has 0 aliphatic carbocycles. The molecule has 8 heteroatoms. The Kier molecular flexibility index (Phi) is 6.70. The standard InChI is InChI=1S/C20H22N2O6/c1-12-8-16(24)9-13(2)22(12)11-19(25)21-18(20(26)27)10-15-4-6-17(7-5-15)28-14(3)23/h4-9,18H,10-11H2,1-3H3,(H,21,25)(H,26,27). The number of carbonyl (C=O) groups is 3. The summed E-state index contributed by atoms with van der Waals surface area (Å²) in [6.45, 7) is 4.62. The third kappa shape index (κ3) is 5.80. The van der Waals surface area contributed by atoms with E-state index in [1.54, 1.807) is 42.7 Å². The third-order valence-electron chi connectivity index (χ3n) is 4.11. The summed E-state index contributed by atoms with van der Waals surface area (Å²) in [5.74, 6) is -1.72. The summed E-state index contributed by atoms with van der Waals surface area (Å²) in [7, 11) is 0. The Labute approximate surface area is 161 Å². The average Bonchev–Trinajstić information content (AvgIpc) is 2.58. The van der Waals surface area contributed by atoms with Gasteiger partial charge in [-0.25, -0.2) is 4.79 Å². The average molecular weight is 386 g/mol. The highest BCUT2D eigenvalue weighted by Gasteiger charge is 2.21. The maximum atomic E-state index is 12.4. The van der Waals surface area contributed by atoms with Crippen molar-refractivity contribution in [2.75, 3.05) is 0 Å². The monoisotopic (exact) mass is 386 g/mol. The van der Waals surface area contributed by atoms with Crippen LogP contribution in [0.1, 0.15) is 23.9 Å². The highest BCUT2D eigenvalue weighted by molar-refractivity contribution is 5.83. The second-order valence-corrected chi connectivity index (χ2v) is 6.46. The molecule has 0 aliphatic heterocycles. The molecule has 0 saturated carbocycles. The number of hydrogen-bond acceptors (Lipinski definition) is 5. The van der Waals surface area contributed by atoms with Crippen LogP contribution in [-0.4, -0.2) is 33.6 Å². The lowest BCUT2D eigenvalue weighted by Gasteiger charge is -2.18. The van der Waals surface area contributed by atoms with Crippen LogP contribution in [0, 0.1) is 13.8 Å². The van der Waals surface area contributed by atoms with Crippen LogP contribution in [-0.2, 0) is 27.3 Å². The maximum absolute atomic E-state index is 12.4. The van der Waals surface area contributed by atoms with E-state index in [1.807, 2.05) is 0 Å². The first-order valence-corrected chi connectivity index (χ1v) is 8.63. The molecule has 1 atom stereocenters. The fourth-order valence-electron chi connectivity index (χ4n) is 2.82. The highest BCUT2D eigenvalue weighted by atomic mass is 16.5. The lowest BCUT2D eigenvalue weighted by Crippen LogP contribution is -2.44. The number of aliphatic carboxylic acids is 1. The number of carboxylic acid groups (broad SMARTS) is 1. The molecule has 1 unspecified atom stereocenters. The first kappa shape index (κ1) is 20.9. The van der Waals surface area contributed by atoms with E-state index in [0.717, 1.165) is 0 Å². The summed E-state index contributed by atoms with van der Waals surface area (Å²) >= 11 is 0. The third-order valence-corrected chi connectivity index (χ3v) is 4.11. The molecular weight excluding hydrogens is 364 g/mol. The normalized spacial score (nSPS) is 11.5. The van der Waals surface area contributed by atoms with Gasteiger partial charge in [-0.15, -0.1) is 0 Å². The van der Waals surface area contributed by atoms with Crippen LogP contribution in [0.15, 0.2) is 41.2 Å². The Morgan fingerprint density at radius 2 is 1.68 bits per heavy atom. The van der Waals surface area contributed by atoms with Crippen LogP contribution in [0.25, 0.3) is 0 Å². The number of nitrogens with one attached hydrogen (secondary N) is 1. The predicted octanol–water partition coefficient (Wildman–Crippen LogP) is 1.20. The van der Waals surface area contributed by atoms with Crippen LogP contribution in [0.5, 0.6) is 5.75 Å². The second kappa shape index (κ2) is 8.98. The minimum absolute atomic E-state index is 0.0730. The molecule has 0 aliphatic rings. The number of hydrogen-bond donors (Lipinski definition) is 2. The molecule has 2 N–H and O–H groups in total. The molecule has 1 aromatic heterocycles. The molecule has 0 fully saturated rings. The van der Waals surface area contributed by atoms with Crippen molar-refractivity contribution in [3.63, 3.8) is 0 Å². The molecule has 0 saturated heterocycles. The molecule has 0 spiro atoms. The van der Waals surface area contributed by atoms with E-state index in [4.69, 9.17) is 4.74 Å². The molecule has 8 nitrogen and oxygen atoms in total. The topological polar surface area (TPSA) is 115 Å². The largest absolute Gasteiger partial charge is 0.480 e. The molecule has 1 heterocycles. The Morgan fingerprint density at radius 3 is 2.18 bits per heavy atom. The maximum Gasteiger partial charge on any atom is 0.326 e. The van der Waals surface area contributed by atoms with Crippen LogP contribution in [0.3, 0.4) is 0 Å². The fourth-order valence-corrected chi connectivity index (χ4v) is 2.82. The Hall–Kier alpha value is -3.42. The quantitative estimate of drug-likeness (QED) is 0.546. The Bertz CT molecular complexity index is 920. The van der Waals surface area contributed by atoms with Gasteiger partial charge in [-0.05, 0) is 31.5 Å². The summed E-state index contributed by atoms with van der Waals surface area (Å²) in [5.41, 5.74) is 1.76. The number of esters is 1. The van der Waals surface area contributed by atoms with Crippen LogP contribution >= 0.6 is 0 Å². The molecule has 2 rings (SSSR count). The minimum Gasteiger partial charge on any atom is -0.480 e. The number of carbonyl (C=O) groups excluding carboxylic acids is 2. The number of aryl methyl sites for hydroxylation is 2. The van der Waals surface area contributed by atoms with Crippen LogP contribution < -0.4 is 15.5 Å². The van der Waals surface area contributed by atoms with Crippen molar-refractivity contribution in [1.29, 1.82) is 0 Å². The zero-order valence-electron chi connectivity index (χ0n) is 15.9. The molecular formula is C20H22N2O6. The van der Waals surface area contributed by atoms with Gasteiger partial charge in [0, 0.05) is 36.9 Å². The Balaban J connectivity index is 2.06. The number of pyridine rings is 1. The molecule has 1 amide bonds. The van der Waals surface area contributed by atoms with E-state index in [2.05, 4.69) is 5.32 Å². The zero-order valence-corrected chi connectivity index (χ0v) is 15.9. The van der Waals surface area contributed by atoms with Gasteiger partial charge in [0.25, 0.3) is 0 Å². The second-order valence-electron chi connectivity index (χ2n) is 6.46. The van der Waals surface area contributed by atoms with E-state index in [0.29, 0.717) is 22.7 Å². The van der Waals surface area contributed by atoms with Gasteiger partial charge < -0.3 is 19.7 Å². The lowest BCUT2D eigenvalue weighted by molar-refractivity contribution is -0.141. The van der Waals surface area contributed by atoms with Crippen molar-refractivity contribution in [3.8, 4) is 5.75 Å². The van der Waals surface area contributed by atoms with Gasteiger partial charge in [0.1, 0.15) is 18.3 Å². The number of benzene rings is 1. The zero-order chi connectivity index (χ0) is 20.8. The van der Waals surface area contributed by atoms with Crippen LogP contribution in [0.2, 0.25) is 0 Å². The van der Waals surface area contributed by atoms with Gasteiger partial charge in [-0.2, -0.15) is 0 Å². The first-order chi connectivity index (χ1) is 13.2. The van der Waals surface area contributed by atoms with Gasteiger partial charge in [0.05, 0.1) is 0 Å². The highest BCUT2D eigenvalue weighted by Crippen LogP contribution is 2.14. The van der Waals surface area contributed by atoms with Gasteiger partial charge in [0.2, 0.25) is 5.91 Å². The van der Waals surface area contributed by atoms with Gasteiger partial charge in [-0.1, -0.05) is 12.1 Å². The molecule has 1 aromatic carbocycles. The number of ether oxygens (including phenoxy) is 1. The van der Waals surface area contributed by atoms with E-state index >= 15 is 0 Å². The summed E-state index contributed by atoms with van der Waals surface area (Å²) < 4.78 is 6.58. The van der Waals surface area contributed by atoms with Gasteiger partial charge >= 0.3 is 11.9 Å². The van der Waals surface area contributed by atoms with Crippen molar-refractivity contribution >= 4 is 17.8 Å². The van der Waals surface area contributed by atoms with Crippen molar-refractivity contribution in [3.05, 3.63) is 63.6 Å². The van der Waals surface area contributed by atoms with Crippen molar-refractivity contribution in [2.24, 2.45) is 0 Å². The number of aromatic nitrogens is 1. The van der Waals surface area contributed by atoms with Gasteiger partial charge in [0.15, 0.2) is 5.43 Å². The van der Waals surface area contributed by atoms with E-state index in [9.17, 15) is 24.3 Å². The van der Waals surface area contributed by atoms with Crippen LogP contribution in [0.4, 0.5) is 0 Å². The molecule has 28 heavy (non-hydrogen) atoms. The molecule has 0 bridgehead atoms. The molecule has 2 aromatic rings. The van der Waals surface area contributed by atoms with E-state index in [-0.39, 0.29) is 18.4 Å². The van der Waals surface area contributed by atoms with Gasteiger partial charge in [-0.3, -0.25) is 14.4 Å². The lowest BCUT2D eigenvalue weighted by atomic mass is 10.1. The number of carboxylic acids is 1. The fraction of sp³-hybridized carbons (Fsp3) is 0.300. The minimum atomic E-state index is -1.16. The first-order valence-electron chi connectivity index (χ1n) is 8.63. The summed E-state index contributed by atoms with van der Waals surface area (Å²) in [4.78, 5) is 46.3. The number of amides is 1. The summed E-state index contributed by atoms with van der Waals surface area (Å²) in [6, 6.07) is 8.10. The van der Waals surface area contributed by atoms with Crippen molar-refractivity contribution < 1.29 is 24.2 Å². The van der Waals surface area contributed by atoms with Crippen molar-refractivity contribution in [2.45, 2.75) is 39.8 Å². The molecule has 0 radical (unpaired) electrons. The van der Waals surface area contributed by atoms with E-state index < -0.39 is 23.9 Å². The number of nitrogens with zero attached hydrogens (tertiary/aromatic N) is 1. The summed E-state index contributed by atoms with van der Waals surface area (Å²) in [6.07, 6.45) is 0.0730. The summed E-state index contributed by atoms with van der Waals surface area (Å²) in [5, 5.41) is 11.9. The molecule has 148 valence electrons. The Morgan fingerprint density at radius 1 is 1.11 bits per heavy atom. The van der Waals surface area contributed by atoms with Crippen molar-refractivity contribution in [1.82, 2.24) is 9.88 Å². The van der Waals surface area contributed by atoms with E-state index in [1.165, 1.54) is 19.1 Å². The smallest absolute Gasteiger partial charge is 0.326 e.